The standard InChI is InChI=1S/C24H15ClN2O5S/c1-12-15(9-26)23(29)27(10-13-6-7-16-17(8-13)32-11-31-16)24(30)19(12)21(28)22-20(25)14-4-2-3-5-18(14)33-22/h2-8,30H,10-11H2,1H3. The molecule has 3 heterocycles. The zero-order valence-corrected chi connectivity index (χ0v) is 18.8. The summed E-state index contributed by atoms with van der Waals surface area (Å²) < 4.78 is 12.5. The fourth-order valence-corrected chi connectivity index (χ4v) is 5.33. The molecule has 0 aliphatic carbocycles. The predicted octanol–water partition coefficient (Wildman–Crippen LogP) is 4.61. The Morgan fingerprint density at radius 3 is 2.76 bits per heavy atom. The third-order valence-corrected chi connectivity index (χ3v) is 7.22. The van der Waals surface area contributed by atoms with Crippen LogP contribution < -0.4 is 15.0 Å². The van der Waals surface area contributed by atoms with Gasteiger partial charge in [-0.25, -0.2) is 0 Å². The lowest BCUT2D eigenvalue weighted by Crippen LogP contribution is -2.27. The minimum absolute atomic E-state index is 0.0727. The maximum atomic E-state index is 13.5. The van der Waals surface area contributed by atoms with Gasteiger partial charge in [-0.2, -0.15) is 5.26 Å². The molecule has 7 nitrogen and oxygen atoms in total. The van der Waals surface area contributed by atoms with Crippen LogP contribution in [0.2, 0.25) is 5.02 Å². The van der Waals surface area contributed by atoms with Crippen LogP contribution in [-0.2, 0) is 6.54 Å². The van der Waals surface area contributed by atoms with Crippen LogP contribution in [0.4, 0.5) is 0 Å². The van der Waals surface area contributed by atoms with E-state index in [-0.39, 0.29) is 39.9 Å². The Morgan fingerprint density at radius 1 is 1.24 bits per heavy atom. The molecule has 0 spiro atoms. The Hall–Kier alpha value is -3.80. The van der Waals surface area contributed by atoms with Gasteiger partial charge in [0, 0.05) is 10.1 Å². The molecule has 4 aromatic rings. The van der Waals surface area contributed by atoms with Crippen molar-refractivity contribution in [1.82, 2.24) is 4.57 Å². The molecule has 1 N–H and O–H groups in total. The Kier molecular flexibility index (Phi) is 5.08. The summed E-state index contributed by atoms with van der Waals surface area (Å²) in [5, 5.41) is 21.7. The number of thiophene rings is 1. The fourth-order valence-electron chi connectivity index (χ4n) is 3.86. The molecule has 0 saturated carbocycles. The normalized spacial score (nSPS) is 12.2. The van der Waals surface area contributed by atoms with Crippen molar-refractivity contribution in [2.75, 3.05) is 6.79 Å². The van der Waals surface area contributed by atoms with Gasteiger partial charge >= 0.3 is 0 Å². The number of carbonyl (C=O) groups excluding carboxylic acids is 1. The van der Waals surface area contributed by atoms with Crippen molar-refractivity contribution in [3.8, 4) is 23.4 Å². The summed E-state index contributed by atoms with van der Waals surface area (Å²) in [5.74, 6) is 0.0213. The van der Waals surface area contributed by atoms with Gasteiger partial charge in [0.2, 0.25) is 18.5 Å². The summed E-state index contributed by atoms with van der Waals surface area (Å²) in [5.41, 5.74) is -0.290. The fraction of sp³-hybridized carbons (Fsp3) is 0.125. The van der Waals surface area contributed by atoms with Crippen molar-refractivity contribution in [1.29, 1.82) is 5.26 Å². The average Bonchev–Trinajstić information content (AvgIpc) is 3.41. The van der Waals surface area contributed by atoms with E-state index >= 15 is 0 Å². The minimum Gasteiger partial charge on any atom is -0.494 e. The van der Waals surface area contributed by atoms with Gasteiger partial charge in [-0.3, -0.25) is 14.2 Å². The molecule has 0 fully saturated rings. The molecule has 0 atom stereocenters. The quantitative estimate of drug-likeness (QED) is 0.430. The van der Waals surface area contributed by atoms with Gasteiger partial charge in [-0.05, 0) is 36.2 Å². The van der Waals surface area contributed by atoms with E-state index in [2.05, 4.69) is 0 Å². The molecule has 164 valence electrons. The SMILES string of the molecule is Cc1c(C(=O)c2sc3ccccc3c2Cl)c(O)n(Cc2ccc3c(c2)OCO3)c(=O)c1C#N. The van der Waals surface area contributed by atoms with Gasteiger partial charge in [-0.15, -0.1) is 11.3 Å². The summed E-state index contributed by atoms with van der Waals surface area (Å²) >= 11 is 7.68. The maximum Gasteiger partial charge on any atom is 0.271 e. The molecule has 0 saturated heterocycles. The summed E-state index contributed by atoms with van der Waals surface area (Å²) in [6.45, 7) is 1.50. The van der Waals surface area contributed by atoms with E-state index in [4.69, 9.17) is 21.1 Å². The smallest absolute Gasteiger partial charge is 0.271 e. The molecule has 0 bridgehead atoms. The predicted molar refractivity (Wildman–Crippen MR) is 124 cm³/mol. The van der Waals surface area contributed by atoms with Crippen LogP contribution in [0.15, 0.2) is 47.3 Å². The van der Waals surface area contributed by atoms with E-state index in [1.54, 1.807) is 24.3 Å². The highest BCUT2D eigenvalue weighted by atomic mass is 35.5. The number of halogens is 1. The first-order valence-corrected chi connectivity index (χ1v) is 11.1. The lowest BCUT2D eigenvalue weighted by molar-refractivity contribution is 0.103. The molecule has 9 heteroatoms. The first-order valence-electron chi connectivity index (χ1n) is 9.87. The van der Waals surface area contributed by atoms with E-state index in [1.165, 1.54) is 18.3 Å². The van der Waals surface area contributed by atoms with Crippen LogP contribution in [0.3, 0.4) is 0 Å². The molecule has 0 unspecified atom stereocenters. The van der Waals surface area contributed by atoms with E-state index < -0.39 is 17.2 Å². The molecule has 1 aliphatic heterocycles. The highest BCUT2D eigenvalue weighted by Crippen LogP contribution is 2.38. The van der Waals surface area contributed by atoms with Crippen LogP contribution in [0.5, 0.6) is 17.4 Å². The third-order valence-electron chi connectivity index (χ3n) is 5.55. The van der Waals surface area contributed by atoms with Crippen molar-refractivity contribution in [2.24, 2.45) is 0 Å². The monoisotopic (exact) mass is 478 g/mol. The first kappa shape index (κ1) is 21.1. The average molecular weight is 479 g/mol. The number of ether oxygens (including phenoxy) is 2. The summed E-state index contributed by atoms with van der Waals surface area (Å²) in [4.78, 5) is 26.7. The number of pyridine rings is 1. The van der Waals surface area contributed by atoms with Gasteiger partial charge in [0.15, 0.2) is 11.5 Å². The van der Waals surface area contributed by atoms with E-state index in [0.717, 1.165) is 14.7 Å². The number of benzene rings is 2. The lowest BCUT2D eigenvalue weighted by Gasteiger charge is -2.15. The zero-order valence-electron chi connectivity index (χ0n) is 17.2. The molecule has 1 aliphatic rings. The summed E-state index contributed by atoms with van der Waals surface area (Å²) in [7, 11) is 0. The summed E-state index contributed by atoms with van der Waals surface area (Å²) in [6.07, 6.45) is 0. The topological polar surface area (TPSA) is 102 Å². The second-order valence-electron chi connectivity index (χ2n) is 7.46. The number of ketones is 1. The Morgan fingerprint density at radius 2 is 2.00 bits per heavy atom. The molecule has 2 aromatic carbocycles. The zero-order chi connectivity index (χ0) is 23.3. The van der Waals surface area contributed by atoms with Crippen molar-refractivity contribution in [3.63, 3.8) is 0 Å². The number of hydrogen-bond acceptors (Lipinski definition) is 7. The first-order chi connectivity index (χ1) is 15.9. The number of rotatable bonds is 4. The van der Waals surface area contributed by atoms with Crippen molar-refractivity contribution in [3.05, 3.63) is 85.0 Å². The maximum absolute atomic E-state index is 13.5. The molecule has 5 rings (SSSR count). The van der Waals surface area contributed by atoms with Gasteiger partial charge < -0.3 is 14.6 Å². The van der Waals surface area contributed by atoms with Gasteiger partial charge in [0.25, 0.3) is 5.56 Å². The van der Waals surface area contributed by atoms with E-state index in [9.17, 15) is 20.0 Å². The molecule has 0 radical (unpaired) electrons. The number of nitriles is 1. The Labute approximate surface area is 196 Å². The van der Waals surface area contributed by atoms with Crippen LogP contribution in [0.25, 0.3) is 10.1 Å². The van der Waals surface area contributed by atoms with Crippen LogP contribution >= 0.6 is 22.9 Å². The number of hydrogen-bond donors (Lipinski definition) is 1. The third kappa shape index (κ3) is 3.33. The number of aromatic nitrogens is 1. The minimum atomic E-state index is -0.691. The highest BCUT2D eigenvalue weighted by Gasteiger charge is 2.28. The van der Waals surface area contributed by atoms with Crippen molar-refractivity contribution in [2.45, 2.75) is 13.5 Å². The van der Waals surface area contributed by atoms with Gasteiger partial charge in [-0.1, -0.05) is 35.9 Å². The summed E-state index contributed by atoms with van der Waals surface area (Å²) in [6, 6.07) is 14.3. The number of nitrogens with zero attached hydrogens (tertiary/aromatic N) is 2. The highest BCUT2D eigenvalue weighted by molar-refractivity contribution is 7.21. The molecular weight excluding hydrogens is 464 g/mol. The van der Waals surface area contributed by atoms with Gasteiger partial charge in [0.1, 0.15) is 11.6 Å². The molecule has 33 heavy (non-hydrogen) atoms. The number of fused-ring (bicyclic) bond motifs is 2. The van der Waals surface area contributed by atoms with E-state index in [0.29, 0.717) is 17.1 Å². The van der Waals surface area contributed by atoms with E-state index in [1.807, 2.05) is 24.3 Å². The van der Waals surface area contributed by atoms with Crippen molar-refractivity contribution >= 4 is 38.8 Å². The largest absolute Gasteiger partial charge is 0.494 e. The Bertz CT molecular complexity index is 1560. The lowest BCUT2D eigenvalue weighted by atomic mass is 10.0. The van der Waals surface area contributed by atoms with Crippen LogP contribution in [0.1, 0.15) is 31.9 Å². The van der Waals surface area contributed by atoms with Gasteiger partial charge in [0.05, 0.1) is 22.0 Å². The molecular formula is C24H15ClN2O5S. The van der Waals surface area contributed by atoms with Crippen LogP contribution in [-0.4, -0.2) is 22.2 Å². The second-order valence-corrected chi connectivity index (χ2v) is 8.89. The number of aromatic hydroxyl groups is 1. The molecule has 0 amide bonds. The molecule has 2 aromatic heterocycles. The number of carbonyl (C=O) groups is 1. The van der Waals surface area contributed by atoms with Crippen LogP contribution in [0, 0.1) is 18.3 Å². The Balaban J connectivity index is 1.66. The van der Waals surface area contributed by atoms with Crippen molar-refractivity contribution < 1.29 is 19.4 Å². The second kappa shape index (κ2) is 7.96.